The highest BCUT2D eigenvalue weighted by atomic mass is 16.7. The first kappa shape index (κ1) is 8.20. The van der Waals surface area contributed by atoms with Gasteiger partial charge in [-0.15, -0.1) is 0 Å². The van der Waals surface area contributed by atoms with Gasteiger partial charge in [0.1, 0.15) is 0 Å². The summed E-state index contributed by atoms with van der Waals surface area (Å²) >= 11 is 0. The van der Waals surface area contributed by atoms with E-state index in [0.29, 0.717) is 5.59 Å². The average molecular weight is 223 g/mol. The number of rotatable bonds is 1. The van der Waals surface area contributed by atoms with Crippen molar-refractivity contribution < 1.29 is 13.4 Å². The molecule has 0 radical (unpaired) electrons. The second-order valence-electron chi connectivity index (χ2n) is 4.91. The molecule has 0 spiro atoms. The monoisotopic (exact) mass is 223 g/mol. The molecule has 0 aromatic carbocycles. The highest BCUT2D eigenvalue weighted by Gasteiger charge is 2.52. The fourth-order valence-electron chi connectivity index (χ4n) is 1.42. The van der Waals surface area contributed by atoms with E-state index < -0.39 is 25.2 Å². The third-order valence-corrected chi connectivity index (χ3v) is 3.17. The predicted molar refractivity (Wildman–Crippen MR) is 62.5 cm³/mol. The SMILES string of the molecule is [2H]C([2H])([2H])c1cnc(B2OC(C)(C)C(C)(C)O2)cn1. The van der Waals surface area contributed by atoms with Crippen LogP contribution < -0.4 is 5.59 Å². The Labute approximate surface area is 101 Å². The van der Waals surface area contributed by atoms with Gasteiger partial charge in [-0.05, 0) is 34.5 Å². The van der Waals surface area contributed by atoms with Crippen molar-refractivity contribution in [1.82, 2.24) is 9.97 Å². The van der Waals surface area contributed by atoms with Gasteiger partial charge in [-0.1, -0.05) is 0 Å². The van der Waals surface area contributed by atoms with Crippen molar-refractivity contribution in [2.24, 2.45) is 0 Å². The largest absolute Gasteiger partial charge is 0.516 e. The lowest BCUT2D eigenvalue weighted by atomic mass is 9.85. The van der Waals surface area contributed by atoms with Crippen LogP contribution in [-0.2, 0) is 9.31 Å². The van der Waals surface area contributed by atoms with Gasteiger partial charge in [0.25, 0.3) is 0 Å². The lowest BCUT2D eigenvalue weighted by Crippen LogP contribution is -2.41. The Morgan fingerprint density at radius 1 is 1.12 bits per heavy atom. The molecular formula is C11H17BN2O2. The number of hydrogen-bond acceptors (Lipinski definition) is 4. The third kappa shape index (κ3) is 1.85. The Kier molecular flexibility index (Phi) is 1.81. The summed E-state index contributed by atoms with van der Waals surface area (Å²) < 4.78 is 33.4. The van der Waals surface area contributed by atoms with Crippen LogP contribution in [0.2, 0.25) is 0 Å². The Morgan fingerprint density at radius 3 is 2.19 bits per heavy atom. The maximum Gasteiger partial charge on any atom is 0.516 e. The van der Waals surface area contributed by atoms with Crippen molar-refractivity contribution >= 4 is 12.7 Å². The zero-order valence-corrected chi connectivity index (χ0v) is 9.94. The van der Waals surface area contributed by atoms with Gasteiger partial charge < -0.3 is 9.31 Å². The molecule has 1 aromatic rings. The normalized spacial score (nSPS) is 26.0. The van der Waals surface area contributed by atoms with E-state index in [1.54, 1.807) is 0 Å². The molecule has 1 fully saturated rings. The van der Waals surface area contributed by atoms with Crippen molar-refractivity contribution in [3.05, 3.63) is 18.1 Å². The summed E-state index contributed by atoms with van der Waals surface area (Å²) in [6.45, 7) is 5.52. The van der Waals surface area contributed by atoms with E-state index in [4.69, 9.17) is 13.4 Å². The Bertz CT molecular complexity index is 458. The molecule has 5 heteroatoms. The fourth-order valence-corrected chi connectivity index (χ4v) is 1.42. The zero-order chi connectivity index (χ0) is 14.5. The van der Waals surface area contributed by atoms with Crippen molar-refractivity contribution in [3.8, 4) is 0 Å². The Morgan fingerprint density at radius 2 is 1.75 bits per heavy atom. The van der Waals surface area contributed by atoms with Gasteiger partial charge in [-0.25, -0.2) is 0 Å². The quantitative estimate of drug-likeness (QED) is 0.668. The van der Waals surface area contributed by atoms with Crippen LogP contribution in [0.5, 0.6) is 0 Å². The van der Waals surface area contributed by atoms with E-state index >= 15 is 0 Å². The summed E-state index contributed by atoms with van der Waals surface area (Å²) in [6, 6.07) is 0. The first-order valence-electron chi connectivity index (χ1n) is 6.71. The van der Waals surface area contributed by atoms with E-state index in [-0.39, 0.29) is 5.69 Å². The molecule has 0 atom stereocenters. The summed E-state index contributed by atoms with van der Waals surface area (Å²) in [5, 5.41) is 0. The van der Waals surface area contributed by atoms with Gasteiger partial charge in [-0.2, -0.15) is 0 Å². The summed E-state index contributed by atoms with van der Waals surface area (Å²) in [7, 11) is -0.622. The van der Waals surface area contributed by atoms with Crippen molar-refractivity contribution in [1.29, 1.82) is 0 Å². The van der Waals surface area contributed by atoms with E-state index in [9.17, 15) is 0 Å². The fraction of sp³-hybridized carbons (Fsp3) is 0.636. The number of aromatic nitrogens is 2. The van der Waals surface area contributed by atoms with Gasteiger partial charge in [-0.3, -0.25) is 9.97 Å². The highest BCUT2D eigenvalue weighted by Crippen LogP contribution is 2.36. The molecule has 1 aromatic heterocycles. The zero-order valence-electron chi connectivity index (χ0n) is 12.9. The maximum absolute atomic E-state index is 7.25. The molecule has 0 bridgehead atoms. The molecule has 1 aliphatic heterocycles. The number of aryl methyl sites for hydroxylation is 1. The van der Waals surface area contributed by atoms with E-state index in [2.05, 4.69) is 9.97 Å². The van der Waals surface area contributed by atoms with Crippen LogP contribution in [0, 0.1) is 6.85 Å². The molecular weight excluding hydrogens is 203 g/mol. The van der Waals surface area contributed by atoms with Gasteiger partial charge in [0.2, 0.25) is 0 Å². The molecule has 0 N–H and O–H groups in total. The van der Waals surface area contributed by atoms with Crippen molar-refractivity contribution in [2.75, 3.05) is 0 Å². The van der Waals surface area contributed by atoms with Crippen LogP contribution >= 0.6 is 0 Å². The summed E-state index contributed by atoms with van der Waals surface area (Å²) in [5.41, 5.74) is -0.469. The molecule has 1 saturated heterocycles. The van der Waals surface area contributed by atoms with Gasteiger partial charge in [0.05, 0.1) is 22.5 Å². The van der Waals surface area contributed by atoms with Gasteiger partial charge in [0.15, 0.2) is 0 Å². The average Bonchev–Trinajstić information content (AvgIpc) is 2.47. The summed E-state index contributed by atoms with van der Waals surface area (Å²) in [6.07, 6.45) is 2.64. The first-order chi connectivity index (χ1) is 8.53. The Balaban J connectivity index is 2.22. The molecule has 0 amide bonds. The van der Waals surface area contributed by atoms with Gasteiger partial charge >= 0.3 is 7.12 Å². The lowest BCUT2D eigenvalue weighted by Gasteiger charge is -2.32. The maximum atomic E-state index is 7.25. The molecule has 86 valence electrons. The smallest absolute Gasteiger partial charge is 0.398 e. The number of hydrogen-bond donors (Lipinski definition) is 0. The van der Waals surface area contributed by atoms with Crippen molar-refractivity contribution in [2.45, 2.75) is 45.7 Å². The summed E-state index contributed by atoms with van der Waals surface area (Å²) in [4.78, 5) is 7.99. The summed E-state index contributed by atoms with van der Waals surface area (Å²) in [5.74, 6) is 0. The van der Waals surface area contributed by atoms with Crippen LogP contribution in [0.3, 0.4) is 0 Å². The molecule has 4 nitrogen and oxygen atoms in total. The van der Waals surface area contributed by atoms with Crippen LogP contribution in [0.4, 0.5) is 0 Å². The van der Waals surface area contributed by atoms with E-state index in [1.165, 1.54) is 12.4 Å². The predicted octanol–water partition coefficient (Wildman–Crippen LogP) is 1.08. The van der Waals surface area contributed by atoms with E-state index in [0.717, 1.165) is 0 Å². The van der Waals surface area contributed by atoms with Crippen molar-refractivity contribution in [3.63, 3.8) is 0 Å². The molecule has 0 saturated carbocycles. The topological polar surface area (TPSA) is 44.2 Å². The molecule has 0 aliphatic carbocycles. The molecule has 0 unspecified atom stereocenters. The van der Waals surface area contributed by atoms with Crippen LogP contribution in [0.25, 0.3) is 0 Å². The molecule has 16 heavy (non-hydrogen) atoms. The minimum Gasteiger partial charge on any atom is -0.398 e. The van der Waals surface area contributed by atoms with Crippen LogP contribution in [0.1, 0.15) is 37.5 Å². The van der Waals surface area contributed by atoms with Gasteiger partial charge in [0, 0.05) is 16.5 Å². The second-order valence-corrected chi connectivity index (χ2v) is 4.91. The molecule has 1 aliphatic rings. The molecule has 2 heterocycles. The standard InChI is InChI=1S/C11H17BN2O2/c1-8-6-14-9(7-13-8)12-15-10(2,3)11(4,5)16-12/h6-7H,1-5H3/i1D3. The third-order valence-electron chi connectivity index (χ3n) is 3.17. The Hall–Kier alpha value is -0.935. The number of nitrogens with zero attached hydrogens (tertiary/aromatic N) is 2. The van der Waals surface area contributed by atoms with E-state index in [1.807, 2.05) is 27.7 Å². The molecule has 2 rings (SSSR count). The second kappa shape index (κ2) is 3.53. The first-order valence-corrected chi connectivity index (χ1v) is 5.21. The minimum absolute atomic E-state index is 0.0345. The van der Waals surface area contributed by atoms with Crippen LogP contribution in [-0.4, -0.2) is 28.3 Å². The minimum atomic E-state index is -2.25. The lowest BCUT2D eigenvalue weighted by molar-refractivity contribution is 0.00578. The highest BCUT2D eigenvalue weighted by molar-refractivity contribution is 6.61. The van der Waals surface area contributed by atoms with Crippen LogP contribution in [0.15, 0.2) is 12.4 Å².